The zero-order valence-electron chi connectivity index (χ0n) is 9.13. The number of rotatable bonds is 1. The van der Waals surface area contributed by atoms with E-state index < -0.39 is 0 Å². The summed E-state index contributed by atoms with van der Waals surface area (Å²) in [6.45, 7) is 0.686. The molecule has 2 heterocycles. The maximum atomic E-state index is 11.9. The van der Waals surface area contributed by atoms with E-state index in [0.29, 0.717) is 19.1 Å². The lowest BCUT2D eigenvalue weighted by Gasteiger charge is -2.32. The van der Waals surface area contributed by atoms with Gasteiger partial charge in [0.1, 0.15) is 0 Å². The van der Waals surface area contributed by atoms with Crippen LogP contribution in [0.3, 0.4) is 0 Å². The first-order valence-electron chi connectivity index (χ1n) is 5.84. The molecule has 2 aliphatic rings. The van der Waals surface area contributed by atoms with Gasteiger partial charge >= 0.3 is 0 Å². The average molecular weight is 217 g/mol. The van der Waals surface area contributed by atoms with Gasteiger partial charge in [0.05, 0.1) is 12.6 Å². The average Bonchev–Trinajstić information content (AvgIpc) is 2.75. The first-order chi connectivity index (χ1) is 7.86. The molecular weight excluding hydrogens is 202 g/mol. The minimum Gasteiger partial charge on any atom is -0.352 e. The van der Waals surface area contributed by atoms with E-state index in [4.69, 9.17) is 4.74 Å². The Labute approximate surface area is 95.0 Å². The van der Waals surface area contributed by atoms with Gasteiger partial charge in [-0.3, -0.25) is 4.79 Å². The highest BCUT2D eigenvalue weighted by atomic mass is 16.5. The van der Waals surface area contributed by atoms with Gasteiger partial charge in [-0.25, -0.2) is 0 Å². The van der Waals surface area contributed by atoms with Gasteiger partial charge in [0.25, 0.3) is 0 Å². The van der Waals surface area contributed by atoms with E-state index in [1.54, 1.807) is 0 Å². The van der Waals surface area contributed by atoms with Crippen LogP contribution in [0.2, 0.25) is 0 Å². The summed E-state index contributed by atoms with van der Waals surface area (Å²) in [5.41, 5.74) is 1.08. The number of carbonyl (C=O) groups is 1. The summed E-state index contributed by atoms with van der Waals surface area (Å²) in [5.74, 6) is 0.239. The number of amides is 1. The second kappa shape index (κ2) is 3.91. The molecule has 84 valence electrons. The number of ether oxygens (including phenoxy) is 1. The summed E-state index contributed by atoms with van der Waals surface area (Å²) in [4.78, 5) is 13.8. The largest absolute Gasteiger partial charge is 0.352 e. The van der Waals surface area contributed by atoms with Gasteiger partial charge in [-0.15, -0.1) is 0 Å². The van der Waals surface area contributed by atoms with Gasteiger partial charge in [-0.1, -0.05) is 30.3 Å². The summed E-state index contributed by atoms with van der Waals surface area (Å²) in [7, 11) is 0. The van der Waals surface area contributed by atoms with E-state index in [1.165, 1.54) is 0 Å². The standard InChI is InChI=1S/C13H15NO2/c15-12-8-4-7-11-9-16-13(14(11)12)10-5-2-1-3-6-10/h1-3,5-6,11,13H,4,7-9H2/t11-,13+/m0/s1. The van der Waals surface area contributed by atoms with Crippen LogP contribution in [-0.2, 0) is 9.53 Å². The molecule has 1 aromatic carbocycles. The van der Waals surface area contributed by atoms with Crippen molar-refractivity contribution in [2.45, 2.75) is 31.5 Å². The molecule has 0 spiro atoms. The zero-order chi connectivity index (χ0) is 11.0. The summed E-state index contributed by atoms with van der Waals surface area (Å²) in [6, 6.07) is 10.3. The van der Waals surface area contributed by atoms with E-state index in [1.807, 2.05) is 35.2 Å². The molecule has 2 fully saturated rings. The van der Waals surface area contributed by atoms with Crippen LogP contribution >= 0.6 is 0 Å². The van der Waals surface area contributed by atoms with Crippen LogP contribution in [0.4, 0.5) is 0 Å². The number of hydrogen-bond donors (Lipinski definition) is 0. The molecule has 0 radical (unpaired) electrons. The SMILES string of the molecule is O=C1CCC[C@H]2CO[C@H](c3ccccc3)N12. The van der Waals surface area contributed by atoms with Gasteiger partial charge in [0.15, 0.2) is 6.23 Å². The van der Waals surface area contributed by atoms with Gasteiger partial charge in [0.2, 0.25) is 5.91 Å². The van der Waals surface area contributed by atoms with Crippen LogP contribution in [0, 0.1) is 0 Å². The molecule has 0 bridgehead atoms. The molecule has 2 aliphatic heterocycles. The quantitative estimate of drug-likeness (QED) is 0.721. The summed E-state index contributed by atoms with van der Waals surface area (Å²) in [5, 5.41) is 0. The number of fused-ring (bicyclic) bond motifs is 1. The Morgan fingerprint density at radius 1 is 1.25 bits per heavy atom. The third-order valence-electron chi connectivity index (χ3n) is 3.39. The monoisotopic (exact) mass is 217 g/mol. The van der Waals surface area contributed by atoms with Crippen molar-refractivity contribution >= 4 is 5.91 Å². The molecule has 0 aromatic heterocycles. The molecular formula is C13H15NO2. The van der Waals surface area contributed by atoms with Crippen LogP contribution in [-0.4, -0.2) is 23.5 Å². The van der Waals surface area contributed by atoms with E-state index in [0.717, 1.165) is 18.4 Å². The molecule has 0 aliphatic carbocycles. The molecule has 0 unspecified atom stereocenters. The molecule has 3 nitrogen and oxygen atoms in total. The minimum atomic E-state index is -0.154. The third-order valence-corrected chi connectivity index (χ3v) is 3.39. The van der Waals surface area contributed by atoms with Crippen molar-refractivity contribution in [1.29, 1.82) is 0 Å². The molecule has 0 saturated carbocycles. The summed E-state index contributed by atoms with van der Waals surface area (Å²) in [6.07, 6.45) is 2.60. The second-order valence-corrected chi connectivity index (χ2v) is 4.44. The fourth-order valence-electron chi connectivity index (χ4n) is 2.60. The predicted octanol–water partition coefficient (Wildman–Crippen LogP) is 2.10. The topological polar surface area (TPSA) is 29.5 Å². The highest BCUT2D eigenvalue weighted by molar-refractivity contribution is 5.78. The van der Waals surface area contributed by atoms with Crippen LogP contribution in [0.25, 0.3) is 0 Å². The first-order valence-corrected chi connectivity index (χ1v) is 5.84. The fraction of sp³-hybridized carbons (Fsp3) is 0.462. The Morgan fingerprint density at radius 2 is 2.06 bits per heavy atom. The predicted molar refractivity (Wildman–Crippen MR) is 59.6 cm³/mol. The number of benzene rings is 1. The Hall–Kier alpha value is -1.35. The van der Waals surface area contributed by atoms with Crippen LogP contribution in [0.15, 0.2) is 30.3 Å². The van der Waals surface area contributed by atoms with Gasteiger partial charge in [-0.2, -0.15) is 0 Å². The maximum Gasteiger partial charge on any atom is 0.225 e. The second-order valence-electron chi connectivity index (χ2n) is 4.44. The molecule has 3 rings (SSSR count). The van der Waals surface area contributed by atoms with Crippen molar-refractivity contribution in [2.24, 2.45) is 0 Å². The van der Waals surface area contributed by atoms with Crippen LogP contribution < -0.4 is 0 Å². The smallest absolute Gasteiger partial charge is 0.225 e. The highest BCUT2D eigenvalue weighted by Gasteiger charge is 2.40. The normalized spacial score (nSPS) is 29.2. The van der Waals surface area contributed by atoms with Crippen molar-refractivity contribution in [1.82, 2.24) is 4.90 Å². The number of nitrogens with zero attached hydrogens (tertiary/aromatic N) is 1. The van der Waals surface area contributed by atoms with E-state index in [9.17, 15) is 4.79 Å². The van der Waals surface area contributed by atoms with Gasteiger partial charge in [-0.05, 0) is 12.8 Å². The Bertz CT molecular complexity index is 390. The van der Waals surface area contributed by atoms with Crippen LogP contribution in [0.1, 0.15) is 31.1 Å². The zero-order valence-corrected chi connectivity index (χ0v) is 9.13. The number of carbonyl (C=O) groups excluding carboxylic acids is 1. The highest BCUT2D eigenvalue weighted by Crippen LogP contribution is 2.35. The summed E-state index contributed by atoms with van der Waals surface area (Å²) < 4.78 is 5.76. The Morgan fingerprint density at radius 3 is 2.88 bits per heavy atom. The van der Waals surface area contributed by atoms with Gasteiger partial charge in [0, 0.05) is 12.0 Å². The van der Waals surface area contributed by atoms with Crippen molar-refractivity contribution < 1.29 is 9.53 Å². The lowest BCUT2D eigenvalue weighted by atomic mass is 10.0. The Balaban J connectivity index is 1.89. The maximum absolute atomic E-state index is 11.9. The van der Waals surface area contributed by atoms with Crippen molar-refractivity contribution in [3.05, 3.63) is 35.9 Å². The molecule has 2 saturated heterocycles. The molecule has 16 heavy (non-hydrogen) atoms. The van der Waals surface area contributed by atoms with Crippen LogP contribution in [0.5, 0.6) is 0 Å². The first kappa shape index (κ1) is 9.85. The minimum absolute atomic E-state index is 0.154. The van der Waals surface area contributed by atoms with E-state index >= 15 is 0 Å². The van der Waals surface area contributed by atoms with Crippen molar-refractivity contribution in [2.75, 3.05) is 6.61 Å². The number of piperidine rings is 1. The molecule has 0 N–H and O–H groups in total. The molecule has 1 aromatic rings. The third kappa shape index (κ3) is 1.52. The lowest BCUT2D eigenvalue weighted by molar-refractivity contribution is -0.140. The summed E-state index contributed by atoms with van der Waals surface area (Å²) >= 11 is 0. The van der Waals surface area contributed by atoms with E-state index in [-0.39, 0.29) is 12.1 Å². The molecule has 3 heteroatoms. The Kier molecular flexibility index (Phi) is 2.40. The fourth-order valence-corrected chi connectivity index (χ4v) is 2.60. The number of hydrogen-bond acceptors (Lipinski definition) is 2. The molecule has 1 amide bonds. The van der Waals surface area contributed by atoms with E-state index in [2.05, 4.69) is 0 Å². The van der Waals surface area contributed by atoms with Crippen molar-refractivity contribution in [3.63, 3.8) is 0 Å². The van der Waals surface area contributed by atoms with Crippen molar-refractivity contribution in [3.8, 4) is 0 Å². The molecule has 2 atom stereocenters. The lowest BCUT2D eigenvalue weighted by Crippen LogP contribution is -2.41. The van der Waals surface area contributed by atoms with Gasteiger partial charge < -0.3 is 9.64 Å².